The predicted molar refractivity (Wildman–Crippen MR) is 88.9 cm³/mol. The van der Waals surface area contributed by atoms with Crippen LogP contribution in [0.15, 0.2) is 28.9 Å². The van der Waals surface area contributed by atoms with Gasteiger partial charge in [-0.15, -0.1) is 0 Å². The van der Waals surface area contributed by atoms with Crippen molar-refractivity contribution in [3.63, 3.8) is 0 Å². The van der Waals surface area contributed by atoms with Crippen LogP contribution in [0.5, 0.6) is 0 Å². The third-order valence-corrected chi connectivity index (χ3v) is 4.87. The zero-order valence-corrected chi connectivity index (χ0v) is 14.6. The summed E-state index contributed by atoms with van der Waals surface area (Å²) in [5.41, 5.74) is 0.959. The normalized spacial score (nSPS) is 15.9. The molecule has 1 aromatic carbocycles. The van der Waals surface area contributed by atoms with E-state index in [-0.39, 0.29) is 11.7 Å². The summed E-state index contributed by atoms with van der Waals surface area (Å²) in [5.74, 6) is -0.379. The molecule has 1 amide bonds. The molecule has 5 nitrogen and oxygen atoms in total. The molecule has 1 aliphatic rings. The van der Waals surface area contributed by atoms with Crippen LogP contribution in [-0.4, -0.2) is 52.1 Å². The Morgan fingerprint density at radius 3 is 2.70 bits per heavy atom. The van der Waals surface area contributed by atoms with Gasteiger partial charge in [0.2, 0.25) is 0 Å². The molecule has 1 aromatic heterocycles. The van der Waals surface area contributed by atoms with E-state index in [4.69, 9.17) is 11.6 Å². The minimum Gasteiger partial charge on any atom is -0.335 e. The number of hydrogen-bond acceptors (Lipinski definition) is 3. The Morgan fingerprint density at radius 1 is 1.35 bits per heavy atom. The van der Waals surface area contributed by atoms with Crippen LogP contribution in [0.3, 0.4) is 0 Å². The van der Waals surface area contributed by atoms with Gasteiger partial charge < -0.3 is 4.90 Å². The van der Waals surface area contributed by atoms with Crippen molar-refractivity contribution in [2.24, 2.45) is 0 Å². The lowest BCUT2D eigenvalue weighted by Crippen LogP contribution is -2.48. The van der Waals surface area contributed by atoms with E-state index < -0.39 is 0 Å². The fraction of sp³-hybridized carbons (Fsp3) is 0.333. The van der Waals surface area contributed by atoms with E-state index in [1.54, 1.807) is 23.2 Å². The summed E-state index contributed by atoms with van der Waals surface area (Å²) in [6, 6.07) is 4.70. The van der Waals surface area contributed by atoms with Crippen LogP contribution in [0.25, 0.3) is 0 Å². The predicted octanol–water partition coefficient (Wildman–Crippen LogP) is 2.92. The number of halogens is 3. The molecule has 2 heterocycles. The number of carbonyl (C=O) groups is 1. The quantitative estimate of drug-likeness (QED) is 0.860. The molecular formula is C15H15BrClFN4O. The smallest absolute Gasteiger partial charge is 0.273 e. The van der Waals surface area contributed by atoms with Crippen molar-refractivity contribution in [2.75, 3.05) is 26.2 Å². The lowest BCUT2D eigenvalue weighted by Gasteiger charge is -2.34. The van der Waals surface area contributed by atoms with Crippen LogP contribution in [0.2, 0.25) is 5.02 Å². The molecule has 122 valence electrons. The highest BCUT2D eigenvalue weighted by Crippen LogP contribution is 2.22. The molecule has 0 radical (unpaired) electrons. The first-order valence-corrected chi connectivity index (χ1v) is 8.36. The molecule has 0 aliphatic carbocycles. The molecule has 0 atom stereocenters. The zero-order chi connectivity index (χ0) is 16.4. The number of hydrogen-bond donors (Lipinski definition) is 1. The molecule has 0 saturated carbocycles. The topological polar surface area (TPSA) is 52.2 Å². The molecule has 0 bridgehead atoms. The molecule has 0 unspecified atom stereocenters. The first-order chi connectivity index (χ1) is 11.1. The standard InChI is InChI=1S/C15H15BrClFN4O/c16-11-8-19-20-14(11)15(23)22-6-4-21(5-7-22)9-10-12(17)2-1-3-13(10)18/h1-3,8H,4-7,9H2,(H,19,20). The fourth-order valence-electron chi connectivity index (χ4n) is 2.60. The number of carbonyl (C=O) groups excluding carboxylic acids is 1. The lowest BCUT2D eigenvalue weighted by atomic mass is 10.1. The van der Waals surface area contributed by atoms with Crippen LogP contribution in [-0.2, 0) is 6.54 Å². The minimum absolute atomic E-state index is 0.0852. The van der Waals surface area contributed by atoms with Gasteiger partial charge in [-0.1, -0.05) is 17.7 Å². The number of rotatable bonds is 3. The van der Waals surface area contributed by atoms with Gasteiger partial charge in [0.15, 0.2) is 0 Å². The number of piperazine rings is 1. The minimum atomic E-state index is -0.294. The Labute approximate surface area is 146 Å². The number of H-pyrrole nitrogens is 1. The number of aromatic amines is 1. The van der Waals surface area contributed by atoms with Crippen LogP contribution in [0.1, 0.15) is 16.1 Å². The van der Waals surface area contributed by atoms with Gasteiger partial charge in [0.1, 0.15) is 11.5 Å². The summed E-state index contributed by atoms with van der Waals surface area (Å²) in [6.45, 7) is 2.94. The summed E-state index contributed by atoms with van der Waals surface area (Å²) in [4.78, 5) is 16.2. The lowest BCUT2D eigenvalue weighted by molar-refractivity contribution is 0.0620. The zero-order valence-electron chi connectivity index (χ0n) is 12.2. The van der Waals surface area contributed by atoms with Crippen molar-refractivity contribution in [1.29, 1.82) is 0 Å². The first-order valence-electron chi connectivity index (χ1n) is 7.19. The average Bonchev–Trinajstić information content (AvgIpc) is 2.97. The summed E-state index contributed by atoms with van der Waals surface area (Å²) in [5, 5.41) is 6.98. The van der Waals surface area contributed by atoms with Gasteiger partial charge in [0, 0.05) is 43.3 Å². The van der Waals surface area contributed by atoms with E-state index in [9.17, 15) is 9.18 Å². The molecule has 1 N–H and O–H groups in total. The number of benzene rings is 1. The molecule has 1 fully saturated rings. The third-order valence-electron chi connectivity index (χ3n) is 3.91. The van der Waals surface area contributed by atoms with Gasteiger partial charge in [-0.2, -0.15) is 5.10 Å². The maximum absolute atomic E-state index is 13.8. The van der Waals surface area contributed by atoms with E-state index in [1.165, 1.54) is 6.07 Å². The van der Waals surface area contributed by atoms with Crippen LogP contribution >= 0.6 is 27.5 Å². The second kappa shape index (κ2) is 6.98. The molecule has 8 heteroatoms. The average molecular weight is 402 g/mol. The fourth-order valence-corrected chi connectivity index (χ4v) is 3.18. The maximum atomic E-state index is 13.8. The third kappa shape index (κ3) is 3.57. The SMILES string of the molecule is O=C(c1[nH]ncc1Br)N1CCN(Cc2c(F)cccc2Cl)CC1. The second-order valence-corrected chi connectivity index (χ2v) is 6.62. The summed E-state index contributed by atoms with van der Waals surface area (Å²) < 4.78 is 14.5. The van der Waals surface area contributed by atoms with Crippen molar-refractivity contribution in [3.05, 3.63) is 51.0 Å². The van der Waals surface area contributed by atoms with Crippen molar-refractivity contribution >= 4 is 33.4 Å². The molecular weight excluding hydrogens is 387 g/mol. The van der Waals surface area contributed by atoms with E-state index in [0.717, 1.165) is 0 Å². The van der Waals surface area contributed by atoms with Crippen LogP contribution in [0.4, 0.5) is 4.39 Å². The summed E-state index contributed by atoms with van der Waals surface area (Å²) in [6.07, 6.45) is 1.56. The summed E-state index contributed by atoms with van der Waals surface area (Å²) in [7, 11) is 0. The van der Waals surface area contributed by atoms with Gasteiger partial charge in [-0.25, -0.2) is 4.39 Å². The van der Waals surface area contributed by atoms with Crippen molar-refractivity contribution in [3.8, 4) is 0 Å². The largest absolute Gasteiger partial charge is 0.335 e. The molecule has 23 heavy (non-hydrogen) atoms. The number of aromatic nitrogens is 2. The monoisotopic (exact) mass is 400 g/mol. The maximum Gasteiger partial charge on any atom is 0.273 e. The van der Waals surface area contributed by atoms with Gasteiger partial charge in [0.05, 0.1) is 10.7 Å². The van der Waals surface area contributed by atoms with Crippen molar-refractivity contribution in [2.45, 2.75) is 6.54 Å². The van der Waals surface area contributed by atoms with E-state index >= 15 is 0 Å². The first kappa shape index (κ1) is 16.4. The molecule has 1 aliphatic heterocycles. The van der Waals surface area contributed by atoms with Crippen LogP contribution < -0.4 is 0 Å². The Kier molecular flexibility index (Phi) is 4.99. The Bertz CT molecular complexity index is 695. The van der Waals surface area contributed by atoms with Crippen molar-refractivity contribution in [1.82, 2.24) is 20.0 Å². The van der Waals surface area contributed by atoms with E-state index in [1.807, 2.05) is 0 Å². The summed E-state index contributed by atoms with van der Waals surface area (Å²) >= 11 is 9.36. The number of amides is 1. The second-order valence-electron chi connectivity index (χ2n) is 5.36. The Morgan fingerprint density at radius 2 is 2.09 bits per heavy atom. The van der Waals surface area contributed by atoms with Crippen molar-refractivity contribution < 1.29 is 9.18 Å². The number of nitrogens with one attached hydrogen (secondary N) is 1. The van der Waals surface area contributed by atoms with E-state index in [0.29, 0.717) is 53.5 Å². The highest BCUT2D eigenvalue weighted by atomic mass is 79.9. The molecule has 1 saturated heterocycles. The van der Waals surface area contributed by atoms with Gasteiger partial charge in [0.25, 0.3) is 5.91 Å². The van der Waals surface area contributed by atoms with Crippen LogP contribution in [0, 0.1) is 5.82 Å². The highest BCUT2D eigenvalue weighted by molar-refractivity contribution is 9.10. The molecule has 3 rings (SSSR count). The van der Waals surface area contributed by atoms with Gasteiger partial charge in [-0.05, 0) is 28.1 Å². The number of nitrogens with zero attached hydrogens (tertiary/aromatic N) is 3. The van der Waals surface area contributed by atoms with E-state index in [2.05, 4.69) is 31.0 Å². The highest BCUT2D eigenvalue weighted by Gasteiger charge is 2.25. The Hall–Kier alpha value is -1.44. The molecule has 2 aromatic rings. The molecule has 0 spiro atoms. The Balaban J connectivity index is 1.61. The van der Waals surface area contributed by atoms with Gasteiger partial charge >= 0.3 is 0 Å². The van der Waals surface area contributed by atoms with Gasteiger partial charge in [-0.3, -0.25) is 14.8 Å².